The third-order valence-electron chi connectivity index (χ3n) is 7.28. The molecule has 0 spiro atoms. The van der Waals surface area contributed by atoms with Crippen LogP contribution in [-0.4, -0.2) is 55.8 Å². The zero-order valence-electron chi connectivity index (χ0n) is 24.2. The number of amides is 2. The van der Waals surface area contributed by atoms with E-state index in [1.165, 1.54) is 13.2 Å². The number of methoxy groups -OCH3 is 1. The van der Waals surface area contributed by atoms with Crippen molar-refractivity contribution in [1.82, 2.24) is 10.6 Å². The molecule has 4 rings (SSSR count). The van der Waals surface area contributed by atoms with E-state index in [1.54, 1.807) is 23.1 Å². The quantitative estimate of drug-likeness (QED) is 0.226. The maximum absolute atomic E-state index is 13.7. The van der Waals surface area contributed by atoms with Crippen molar-refractivity contribution in [2.24, 2.45) is 0 Å². The molecule has 43 heavy (non-hydrogen) atoms. The highest BCUT2D eigenvalue weighted by Crippen LogP contribution is 2.39. The van der Waals surface area contributed by atoms with Gasteiger partial charge in [-0.2, -0.15) is 13.2 Å². The molecule has 0 bridgehead atoms. The largest absolute Gasteiger partial charge is 0.492 e. The van der Waals surface area contributed by atoms with Crippen LogP contribution in [0.25, 0.3) is 0 Å². The predicted octanol–water partition coefficient (Wildman–Crippen LogP) is 4.76. The van der Waals surface area contributed by atoms with Crippen LogP contribution in [0.1, 0.15) is 46.8 Å². The van der Waals surface area contributed by atoms with E-state index in [0.29, 0.717) is 55.0 Å². The molecule has 0 aromatic heterocycles. The van der Waals surface area contributed by atoms with Crippen molar-refractivity contribution in [3.8, 4) is 5.75 Å². The average molecular weight is 599 g/mol. The van der Waals surface area contributed by atoms with Crippen molar-refractivity contribution in [1.29, 1.82) is 0 Å². The van der Waals surface area contributed by atoms with Gasteiger partial charge < -0.3 is 30.7 Å². The monoisotopic (exact) mass is 598 g/mol. The lowest BCUT2D eigenvalue weighted by atomic mass is 10.00. The van der Waals surface area contributed by atoms with E-state index in [-0.39, 0.29) is 24.6 Å². The Bertz CT molecular complexity index is 1400. The summed E-state index contributed by atoms with van der Waals surface area (Å²) >= 11 is 0. The summed E-state index contributed by atoms with van der Waals surface area (Å²) in [5, 5.41) is 20.3. The molecule has 3 aromatic rings. The predicted molar refractivity (Wildman–Crippen MR) is 159 cm³/mol. The van der Waals surface area contributed by atoms with Gasteiger partial charge in [0.05, 0.1) is 36.2 Å². The topological polar surface area (TPSA) is 103 Å². The van der Waals surface area contributed by atoms with Crippen LogP contribution in [0, 0.1) is 0 Å². The zero-order chi connectivity index (χ0) is 31.0. The van der Waals surface area contributed by atoms with Gasteiger partial charge in [0.25, 0.3) is 5.91 Å². The summed E-state index contributed by atoms with van der Waals surface area (Å²) in [4.78, 5) is 27.9. The van der Waals surface area contributed by atoms with E-state index in [2.05, 4.69) is 16.0 Å². The fourth-order valence-electron chi connectivity index (χ4n) is 5.15. The van der Waals surface area contributed by atoms with E-state index in [0.717, 1.165) is 17.7 Å². The SMILES string of the molecule is CCNc1cc(C(=O)N[C@@H](Cc2ccccc2)[C@@H](O)CNCc2cccc(C(F)(F)F)c2)cc(N2CCCC2=O)c1OC. The van der Waals surface area contributed by atoms with E-state index in [1.807, 2.05) is 37.3 Å². The van der Waals surface area contributed by atoms with Gasteiger partial charge in [-0.05, 0) is 49.1 Å². The van der Waals surface area contributed by atoms with E-state index < -0.39 is 29.8 Å². The maximum atomic E-state index is 13.7. The highest BCUT2D eigenvalue weighted by molar-refractivity contribution is 6.02. The molecule has 1 saturated heterocycles. The number of nitrogens with zero attached hydrogens (tertiary/aromatic N) is 1. The summed E-state index contributed by atoms with van der Waals surface area (Å²) in [6, 6.07) is 16.9. The molecule has 230 valence electrons. The zero-order valence-corrected chi connectivity index (χ0v) is 24.2. The number of aliphatic hydroxyl groups excluding tert-OH is 1. The number of rotatable bonds is 13. The number of alkyl halides is 3. The Morgan fingerprint density at radius 3 is 2.47 bits per heavy atom. The Kier molecular flexibility index (Phi) is 10.7. The highest BCUT2D eigenvalue weighted by Gasteiger charge is 2.31. The van der Waals surface area contributed by atoms with Gasteiger partial charge in [0, 0.05) is 38.2 Å². The van der Waals surface area contributed by atoms with Crippen LogP contribution in [0.15, 0.2) is 66.7 Å². The third kappa shape index (κ3) is 8.26. The smallest absolute Gasteiger partial charge is 0.416 e. The lowest BCUT2D eigenvalue weighted by molar-refractivity contribution is -0.137. The maximum Gasteiger partial charge on any atom is 0.416 e. The molecule has 2 atom stereocenters. The summed E-state index contributed by atoms with van der Waals surface area (Å²) in [5.74, 6) is -0.0385. The Balaban J connectivity index is 1.54. The van der Waals surface area contributed by atoms with Gasteiger partial charge in [0.15, 0.2) is 5.75 Å². The molecule has 0 saturated carbocycles. The Morgan fingerprint density at radius 1 is 1.07 bits per heavy atom. The van der Waals surface area contributed by atoms with Crippen molar-refractivity contribution in [3.63, 3.8) is 0 Å². The molecule has 0 radical (unpaired) electrons. The normalized spacial score (nSPS) is 14.8. The van der Waals surface area contributed by atoms with Crippen LogP contribution in [-0.2, 0) is 23.9 Å². The van der Waals surface area contributed by atoms with Gasteiger partial charge in [0.2, 0.25) is 5.91 Å². The van der Waals surface area contributed by atoms with Crippen molar-refractivity contribution in [2.45, 2.75) is 51.1 Å². The van der Waals surface area contributed by atoms with Crippen molar-refractivity contribution < 1.29 is 32.6 Å². The van der Waals surface area contributed by atoms with E-state index in [4.69, 9.17) is 4.74 Å². The van der Waals surface area contributed by atoms with Crippen LogP contribution < -0.4 is 25.6 Å². The molecule has 11 heteroatoms. The first-order valence-electron chi connectivity index (χ1n) is 14.3. The summed E-state index contributed by atoms with van der Waals surface area (Å²) in [6.45, 7) is 3.10. The molecule has 1 fully saturated rings. The molecular weight excluding hydrogens is 561 g/mol. The second-order valence-corrected chi connectivity index (χ2v) is 10.4. The molecule has 1 aliphatic rings. The summed E-state index contributed by atoms with van der Waals surface area (Å²) in [6.07, 6.45) is -4.09. The van der Waals surface area contributed by atoms with Gasteiger partial charge in [-0.1, -0.05) is 48.5 Å². The molecule has 8 nitrogen and oxygen atoms in total. The first-order valence-corrected chi connectivity index (χ1v) is 14.3. The number of hydrogen-bond acceptors (Lipinski definition) is 6. The van der Waals surface area contributed by atoms with Crippen molar-refractivity contribution in [3.05, 3.63) is 89.0 Å². The molecular formula is C32H37F3N4O4. The fourth-order valence-corrected chi connectivity index (χ4v) is 5.15. The van der Waals surface area contributed by atoms with Gasteiger partial charge in [-0.3, -0.25) is 9.59 Å². The standard InChI is InChI=1S/C32H37F3N4O4/c1-3-37-26-17-23(18-27(30(26)43-2)39-14-8-13-29(39)41)31(42)38-25(16-21-9-5-4-6-10-21)28(40)20-36-19-22-11-7-12-24(15-22)32(33,34)35/h4-7,9-12,15,17-18,25,28,36-37,40H,3,8,13-14,16,19-20H2,1-2H3,(H,38,42)/t25-,28-/m0/s1. The molecule has 4 N–H and O–H groups in total. The van der Waals surface area contributed by atoms with Gasteiger partial charge >= 0.3 is 6.18 Å². The van der Waals surface area contributed by atoms with Crippen LogP contribution >= 0.6 is 0 Å². The lowest BCUT2D eigenvalue weighted by Crippen LogP contribution is -2.48. The van der Waals surface area contributed by atoms with Crippen LogP contribution in [0.4, 0.5) is 24.5 Å². The molecule has 1 aliphatic heterocycles. The van der Waals surface area contributed by atoms with Crippen LogP contribution in [0.3, 0.4) is 0 Å². The first-order chi connectivity index (χ1) is 20.6. The number of carbonyl (C=O) groups excluding carboxylic acids is 2. The van der Waals surface area contributed by atoms with Gasteiger partial charge in [-0.15, -0.1) is 0 Å². The summed E-state index contributed by atoms with van der Waals surface area (Å²) in [7, 11) is 1.51. The molecule has 0 aliphatic carbocycles. The lowest BCUT2D eigenvalue weighted by Gasteiger charge is -2.26. The van der Waals surface area contributed by atoms with Gasteiger partial charge in [0.1, 0.15) is 0 Å². The van der Waals surface area contributed by atoms with Crippen molar-refractivity contribution in [2.75, 3.05) is 37.0 Å². The number of halogens is 3. The minimum atomic E-state index is -4.45. The first kappa shape index (κ1) is 31.8. The number of ether oxygens (including phenoxy) is 1. The molecule has 2 amide bonds. The van der Waals surface area contributed by atoms with E-state index >= 15 is 0 Å². The molecule has 1 heterocycles. The Hall–Kier alpha value is -4.09. The average Bonchev–Trinajstić information content (AvgIpc) is 3.42. The Morgan fingerprint density at radius 2 is 1.81 bits per heavy atom. The summed E-state index contributed by atoms with van der Waals surface area (Å²) < 4.78 is 44.9. The molecule has 0 unspecified atom stereocenters. The number of aliphatic hydroxyl groups is 1. The minimum absolute atomic E-state index is 0.0206. The summed E-state index contributed by atoms with van der Waals surface area (Å²) in [5.41, 5.74) is 1.91. The number of anilines is 2. The number of benzene rings is 3. The Labute approximate surface area is 249 Å². The van der Waals surface area contributed by atoms with Crippen molar-refractivity contribution >= 4 is 23.2 Å². The fraction of sp³-hybridized carbons (Fsp3) is 0.375. The minimum Gasteiger partial charge on any atom is -0.492 e. The van der Waals surface area contributed by atoms with Crippen LogP contribution in [0.5, 0.6) is 5.75 Å². The second-order valence-electron chi connectivity index (χ2n) is 10.4. The highest BCUT2D eigenvalue weighted by atomic mass is 19.4. The van der Waals surface area contributed by atoms with E-state index in [9.17, 15) is 27.9 Å². The number of nitrogens with one attached hydrogen (secondary N) is 3. The van der Waals surface area contributed by atoms with Gasteiger partial charge in [-0.25, -0.2) is 0 Å². The number of carbonyl (C=O) groups is 2. The molecule has 3 aromatic carbocycles. The van der Waals surface area contributed by atoms with Crippen LogP contribution in [0.2, 0.25) is 0 Å². The second kappa shape index (κ2) is 14.4. The number of hydrogen-bond donors (Lipinski definition) is 4. The third-order valence-corrected chi connectivity index (χ3v) is 7.28.